The number of ether oxygens (including phenoxy) is 3. The Bertz CT molecular complexity index is 944. The molecule has 0 saturated carbocycles. The maximum absolute atomic E-state index is 12.6. The van der Waals surface area contributed by atoms with E-state index < -0.39 is 0 Å². The molecular formula is C19H20N4O5. The lowest BCUT2D eigenvalue weighted by Gasteiger charge is -2.14. The lowest BCUT2D eigenvalue weighted by atomic mass is 10.1. The molecule has 0 radical (unpaired) electrons. The zero-order valence-corrected chi connectivity index (χ0v) is 15.9. The van der Waals surface area contributed by atoms with Crippen LogP contribution in [-0.2, 0) is 0 Å². The molecule has 3 rings (SSSR count). The van der Waals surface area contributed by atoms with Crippen LogP contribution in [0.4, 0.5) is 17.3 Å². The van der Waals surface area contributed by atoms with E-state index in [9.17, 15) is 4.79 Å². The minimum atomic E-state index is -0.339. The molecule has 0 unspecified atom stereocenters. The standard InChI is InChI=1S/C19H20N4O5/c1-11-7-17(23-28-11)22-16-6-5-13(10-20-16)21-19(24)12-8-14(25-2)18(27-4)15(9-12)26-3/h5-10H,1-4H3,(H,21,24)(H,20,22,23). The zero-order valence-electron chi connectivity index (χ0n) is 15.9. The highest BCUT2D eigenvalue weighted by molar-refractivity contribution is 6.05. The minimum absolute atomic E-state index is 0.339. The SMILES string of the molecule is COc1cc(C(=O)Nc2ccc(Nc3cc(C)on3)nc2)cc(OC)c1OC. The van der Waals surface area contributed by atoms with E-state index in [2.05, 4.69) is 20.8 Å². The number of hydrogen-bond donors (Lipinski definition) is 2. The molecule has 28 heavy (non-hydrogen) atoms. The highest BCUT2D eigenvalue weighted by Crippen LogP contribution is 2.38. The van der Waals surface area contributed by atoms with Gasteiger partial charge in [0, 0.05) is 11.6 Å². The van der Waals surface area contributed by atoms with Gasteiger partial charge in [0.2, 0.25) is 5.75 Å². The molecule has 0 bridgehead atoms. The number of nitrogens with one attached hydrogen (secondary N) is 2. The van der Waals surface area contributed by atoms with Gasteiger partial charge in [0.25, 0.3) is 5.91 Å². The highest BCUT2D eigenvalue weighted by atomic mass is 16.5. The van der Waals surface area contributed by atoms with Gasteiger partial charge in [-0.1, -0.05) is 5.16 Å². The van der Waals surface area contributed by atoms with Crippen molar-refractivity contribution in [3.8, 4) is 17.2 Å². The van der Waals surface area contributed by atoms with E-state index in [4.69, 9.17) is 18.7 Å². The van der Waals surface area contributed by atoms with Gasteiger partial charge in [0.05, 0.1) is 33.2 Å². The Labute approximate surface area is 161 Å². The number of hydrogen-bond acceptors (Lipinski definition) is 8. The largest absolute Gasteiger partial charge is 0.493 e. The van der Waals surface area contributed by atoms with Crippen LogP contribution in [0.15, 0.2) is 41.1 Å². The number of rotatable bonds is 7. The quantitative estimate of drug-likeness (QED) is 0.638. The van der Waals surface area contributed by atoms with Crippen molar-refractivity contribution < 1.29 is 23.5 Å². The smallest absolute Gasteiger partial charge is 0.255 e. The zero-order chi connectivity index (χ0) is 20.1. The number of pyridine rings is 1. The fraction of sp³-hybridized carbons (Fsp3) is 0.211. The van der Waals surface area contributed by atoms with Crippen molar-refractivity contribution in [3.63, 3.8) is 0 Å². The van der Waals surface area contributed by atoms with E-state index >= 15 is 0 Å². The second kappa shape index (κ2) is 8.30. The van der Waals surface area contributed by atoms with Crippen LogP contribution in [0.1, 0.15) is 16.1 Å². The molecule has 0 saturated heterocycles. The molecule has 1 aromatic carbocycles. The second-order valence-electron chi connectivity index (χ2n) is 5.75. The molecule has 2 aromatic heterocycles. The second-order valence-corrected chi connectivity index (χ2v) is 5.75. The summed E-state index contributed by atoms with van der Waals surface area (Å²) in [6.07, 6.45) is 1.53. The number of anilines is 3. The average molecular weight is 384 g/mol. The summed E-state index contributed by atoms with van der Waals surface area (Å²) in [6, 6.07) is 8.34. The van der Waals surface area contributed by atoms with Crippen LogP contribution in [-0.4, -0.2) is 37.4 Å². The van der Waals surface area contributed by atoms with Crippen molar-refractivity contribution in [1.29, 1.82) is 0 Å². The van der Waals surface area contributed by atoms with Crippen molar-refractivity contribution in [1.82, 2.24) is 10.1 Å². The van der Waals surface area contributed by atoms with Crippen molar-refractivity contribution in [2.45, 2.75) is 6.92 Å². The van der Waals surface area contributed by atoms with Crippen molar-refractivity contribution in [2.75, 3.05) is 32.0 Å². The summed E-state index contributed by atoms with van der Waals surface area (Å²) in [6.45, 7) is 1.80. The summed E-state index contributed by atoms with van der Waals surface area (Å²) in [4.78, 5) is 16.8. The minimum Gasteiger partial charge on any atom is -0.493 e. The first-order valence-corrected chi connectivity index (χ1v) is 8.31. The maximum atomic E-state index is 12.6. The van der Waals surface area contributed by atoms with Crippen molar-refractivity contribution in [3.05, 3.63) is 47.9 Å². The number of carbonyl (C=O) groups excluding carboxylic acids is 1. The van der Waals surface area contributed by atoms with Gasteiger partial charge >= 0.3 is 0 Å². The lowest BCUT2D eigenvalue weighted by Crippen LogP contribution is -2.13. The van der Waals surface area contributed by atoms with Crippen LogP contribution in [0.2, 0.25) is 0 Å². The molecule has 0 aliphatic rings. The number of benzene rings is 1. The molecule has 0 aliphatic heterocycles. The summed E-state index contributed by atoms with van der Waals surface area (Å²) >= 11 is 0. The molecule has 0 spiro atoms. The molecule has 3 aromatic rings. The van der Waals surface area contributed by atoms with Gasteiger partial charge in [0.15, 0.2) is 17.3 Å². The highest BCUT2D eigenvalue weighted by Gasteiger charge is 2.17. The first-order chi connectivity index (χ1) is 13.5. The monoisotopic (exact) mass is 384 g/mol. The normalized spacial score (nSPS) is 10.3. The van der Waals surface area contributed by atoms with Gasteiger partial charge in [0.1, 0.15) is 11.6 Å². The number of amides is 1. The van der Waals surface area contributed by atoms with Crippen LogP contribution >= 0.6 is 0 Å². The summed E-state index contributed by atoms with van der Waals surface area (Å²) in [5, 5.41) is 9.62. The molecule has 1 amide bonds. The predicted molar refractivity (Wildman–Crippen MR) is 103 cm³/mol. The van der Waals surface area contributed by atoms with Gasteiger partial charge in [-0.2, -0.15) is 0 Å². The molecule has 0 atom stereocenters. The van der Waals surface area contributed by atoms with Crippen molar-refractivity contribution in [2.24, 2.45) is 0 Å². The predicted octanol–water partition coefficient (Wildman–Crippen LogP) is 3.40. The summed E-state index contributed by atoms with van der Waals surface area (Å²) in [5.41, 5.74) is 0.885. The molecular weight excluding hydrogens is 364 g/mol. The molecule has 0 fully saturated rings. The number of nitrogens with zero attached hydrogens (tertiary/aromatic N) is 2. The van der Waals surface area contributed by atoms with Crippen LogP contribution in [0, 0.1) is 6.92 Å². The van der Waals surface area contributed by atoms with Crippen LogP contribution in [0.25, 0.3) is 0 Å². The van der Waals surface area contributed by atoms with E-state index in [1.807, 2.05) is 0 Å². The van der Waals surface area contributed by atoms with Gasteiger partial charge in [-0.15, -0.1) is 0 Å². The molecule has 0 aliphatic carbocycles. The van der Waals surface area contributed by atoms with E-state index in [0.29, 0.717) is 45.9 Å². The molecule has 146 valence electrons. The van der Waals surface area contributed by atoms with Crippen molar-refractivity contribution >= 4 is 23.2 Å². The Morgan fingerprint density at radius 1 is 1.00 bits per heavy atom. The Morgan fingerprint density at radius 3 is 2.21 bits per heavy atom. The molecule has 9 heteroatoms. The summed E-state index contributed by atoms with van der Waals surface area (Å²) in [7, 11) is 4.48. The molecule has 2 heterocycles. The number of aromatic nitrogens is 2. The number of methoxy groups -OCH3 is 3. The Balaban J connectivity index is 1.74. The van der Waals surface area contributed by atoms with Crippen LogP contribution in [0.5, 0.6) is 17.2 Å². The van der Waals surface area contributed by atoms with Crippen LogP contribution in [0.3, 0.4) is 0 Å². The fourth-order valence-corrected chi connectivity index (χ4v) is 2.51. The van der Waals surface area contributed by atoms with Gasteiger partial charge in [-0.05, 0) is 31.2 Å². The summed E-state index contributed by atoms with van der Waals surface area (Å²) < 4.78 is 20.8. The molecule has 2 N–H and O–H groups in total. The van der Waals surface area contributed by atoms with E-state index in [0.717, 1.165) is 0 Å². The van der Waals surface area contributed by atoms with Gasteiger partial charge in [-0.3, -0.25) is 4.79 Å². The molecule has 9 nitrogen and oxygen atoms in total. The number of aryl methyl sites for hydroxylation is 1. The third-order valence-electron chi connectivity index (χ3n) is 3.83. The number of carbonyl (C=O) groups is 1. The van der Waals surface area contributed by atoms with E-state index in [-0.39, 0.29) is 5.91 Å². The Hall–Kier alpha value is -3.75. The van der Waals surface area contributed by atoms with Gasteiger partial charge < -0.3 is 29.4 Å². The third kappa shape index (κ3) is 4.14. The lowest BCUT2D eigenvalue weighted by molar-refractivity contribution is 0.102. The van der Waals surface area contributed by atoms with E-state index in [1.54, 1.807) is 37.3 Å². The topological polar surface area (TPSA) is 108 Å². The fourth-order valence-electron chi connectivity index (χ4n) is 2.51. The Kier molecular flexibility index (Phi) is 5.64. The van der Waals surface area contributed by atoms with Crippen LogP contribution < -0.4 is 24.8 Å². The third-order valence-corrected chi connectivity index (χ3v) is 3.83. The maximum Gasteiger partial charge on any atom is 0.255 e. The van der Waals surface area contributed by atoms with Gasteiger partial charge in [-0.25, -0.2) is 4.98 Å². The average Bonchev–Trinajstić information content (AvgIpc) is 3.12. The first kappa shape index (κ1) is 19.0. The Morgan fingerprint density at radius 2 is 1.71 bits per heavy atom. The first-order valence-electron chi connectivity index (χ1n) is 8.31. The van der Waals surface area contributed by atoms with E-state index in [1.165, 1.54) is 27.5 Å². The summed E-state index contributed by atoms with van der Waals surface area (Å²) in [5.74, 6) is 2.69.